The zero-order valence-corrected chi connectivity index (χ0v) is 12.6. The molecule has 0 amide bonds. The van der Waals surface area contributed by atoms with E-state index in [1.165, 1.54) is 12.1 Å². The smallest absolute Gasteiger partial charge is 0.124 e. The molecule has 2 nitrogen and oxygen atoms in total. The Bertz CT molecular complexity index is 632. The average molecular weight is 333 g/mol. The standard InChI is InChI=1S/C16H14BrFN2/c1-2-15(11-3-5-13(17)6-4-11)20-16-8-7-14(18)9-12(16)10-19/h3-9,15,20H,2H2,1H3. The predicted octanol–water partition coefficient (Wildman–Crippen LogP) is 5.02. The van der Waals surface area contributed by atoms with E-state index >= 15 is 0 Å². The molecule has 1 atom stereocenters. The van der Waals surface area contributed by atoms with Crippen LogP contribution in [0.25, 0.3) is 0 Å². The maximum absolute atomic E-state index is 13.1. The lowest BCUT2D eigenvalue weighted by Gasteiger charge is -2.19. The second-order valence-electron chi connectivity index (χ2n) is 4.46. The highest BCUT2D eigenvalue weighted by molar-refractivity contribution is 9.10. The van der Waals surface area contributed by atoms with Crippen molar-refractivity contribution in [2.24, 2.45) is 0 Å². The number of rotatable bonds is 4. The van der Waals surface area contributed by atoms with Crippen LogP contribution >= 0.6 is 15.9 Å². The van der Waals surface area contributed by atoms with Crippen molar-refractivity contribution in [3.63, 3.8) is 0 Å². The van der Waals surface area contributed by atoms with E-state index in [1.807, 2.05) is 30.3 Å². The molecule has 102 valence electrons. The van der Waals surface area contributed by atoms with E-state index < -0.39 is 5.82 Å². The zero-order valence-electron chi connectivity index (χ0n) is 11.0. The van der Waals surface area contributed by atoms with Gasteiger partial charge in [-0.05, 0) is 42.3 Å². The summed E-state index contributed by atoms with van der Waals surface area (Å²) in [4.78, 5) is 0. The molecule has 0 saturated heterocycles. The summed E-state index contributed by atoms with van der Waals surface area (Å²) < 4.78 is 14.2. The maximum Gasteiger partial charge on any atom is 0.124 e. The first-order chi connectivity index (χ1) is 9.63. The zero-order chi connectivity index (χ0) is 14.5. The van der Waals surface area contributed by atoms with Crippen LogP contribution in [0.4, 0.5) is 10.1 Å². The van der Waals surface area contributed by atoms with Gasteiger partial charge in [0.1, 0.15) is 11.9 Å². The van der Waals surface area contributed by atoms with Gasteiger partial charge in [-0.2, -0.15) is 5.26 Å². The minimum atomic E-state index is -0.399. The van der Waals surface area contributed by atoms with Crippen LogP contribution in [-0.2, 0) is 0 Å². The van der Waals surface area contributed by atoms with Gasteiger partial charge in [-0.3, -0.25) is 0 Å². The molecule has 0 heterocycles. The van der Waals surface area contributed by atoms with Gasteiger partial charge >= 0.3 is 0 Å². The maximum atomic E-state index is 13.1. The lowest BCUT2D eigenvalue weighted by atomic mass is 10.0. The van der Waals surface area contributed by atoms with Crippen LogP contribution in [-0.4, -0.2) is 0 Å². The third-order valence-electron chi connectivity index (χ3n) is 3.11. The van der Waals surface area contributed by atoms with Gasteiger partial charge in [0.2, 0.25) is 0 Å². The summed E-state index contributed by atoms with van der Waals surface area (Å²) in [6, 6.07) is 14.3. The van der Waals surface area contributed by atoms with E-state index in [-0.39, 0.29) is 6.04 Å². The van der Waals surface area contributed by atoms with Gasteiger partial charge in [-0.15, -0.1) is 0 Å². The Kier molecular flexibility index (Phi) is 4.75. The molecule has 0 aliphatic heterocycles. The Hall–Kier alpha value is -1.86. The fourth-order valence-electron chi connectivity index (χ4n) is 2.04. The van der Waals surface area contributed by atoms with Crippen molar-refractivity contribution in [2.75, 3.05) is 5.32 Å². The average Bonchev–Trinajstić information content (AvgIpc) is 2.47. The molecule has 2 rings (SSSR count). The van der Waals surface area contributed by atoms with E-state index in [4.69, 9.17) is 5.26 Å². The van der Waals surface area contributed by atoms with E-state index in [2.05, 4.69) is 28.2 Å². The van der Waals surface area contributed by atoms with Crippen molar-refractivity contribution >= 4 is 21.6 Å². The highest BCUT2D eigenvalue weighted by Crippen LogP contribution is 2.26. The number of nitrogens with zero attached hydrogens (tertiary/aromatic N) is 1. The second-order valence-corrected chi connectivity index (χ2v) is 5.37. The molecule has 0 aliphatic rings. The number of hydrogen-bond acceptors (Lipinski definition) is 2. The van der Waals surface area contributed by atoms with Gasteiger partial charge in [0.25, 0.3) is 0 Å². The Morgan fingerprint density at radius 3 is 2.55 bits per heavy atom. The fourth-order valence-corrected chi connectivity index (χ4v) is 2.30. The Morgan fingerprint density at radius 1 is 1.25 bits per heavy atom. The van der Waals surface area contributed by atoms with Gasteiger partial charge in [-0.25, -0.2) is 4.39 Å². The first-order valence-electron chi connectivity index (χ1n) is 6.35. The van der Waals surface area contributed by atoms with Crippen molar-refractivity contribution < 1.29 is 4.39 Å². The van der Waals surface area contributed by atoms with Crippen LogP contribution in [0.5, 0.6) is 0 Å². The monoisotopic (exact) mass is 332 g/mol. The van der Waals surface area contributed by atoms with Crippen LogP contribution in [0.2, 0.25) is 0 Å². The lowest BCUT2D eigenvalue weighted by Crippen LogP contribution is -2.10. The van der Waals surface area contributed by atoms with Gasteiger partial charge in [0, 0.05) is 4.47 Å². The molecule has 1 N–H and O–H groups in total. The summed E-state index contributed by atoms with van der Waals surface area (Å²) in [6.45, 7) is 2.06. The lowest BCUT2D eigenvalue weighted by molar-refractivity contribution is 0.627. The number of halogens is 2. The van der Waals surface area contributed by atoms with Crippen molar-refractivity contribution in [1.29, 1.82) is 5.26 Å². The molecule has 2 aromatic carbocycles. The quantitative estimate of drug-likeness (QED) is 0.852. The molecule has 0 aromatic heterocycles. The number of benzene rings is 2. The van der Waals surface area contributed by atoms with E-state index in [0.717, 1.165) is 16.5 Å². The molecule has 2 aromatic rings. The molecular formula is C16H14BrFN2. The Morgan fingerprint density at radius 2 is 1.95 bits per heavy atom. The molecule has 0 saturated carbocycles. The van der Waals surface area contributed by atoms with Crippen LogP contribution in [0.3, 0.4) is 0 Å². The van der Waals surface area contributed by atoms with Crippen LogP contribution in [0.15, 0.2) is 46.9 Å². The number of anilines is 1. The molecule has 20 heavy (non-hydrogen) atoms. The molecule has 0 radical (unpaired) electrons. The first-order valence-corrected chi connectivity index (χ1v) is 7.15. The predicted molar refractivity (Wildman–Crippen MR) is 81.9 cm³/mol. The Labute approximate surface area is 126 Å². The minimum Gasteiger partial charge on any atom is -0.377 e. The molecule has 0 spiro atoms. The summed E-state index contributed by atoms with van der Waals surface area (Å²) in [5.74, 6) is -0.399. The topological polar surface area (TPSA) is 35.8 Å². The molecule has 0 fully saturated rings. The fraction of sp³-hybridized carbons (Fsp3) is 0.188. The van der Waals surface area contributed by atoms with Gasteiger partial charge < -0.3 is 5.32 Å². The van der Waals surface area contributed by atoms with Crippen molar-refractivity contribution in [3.05, 3.63) is 63.9 Å². The van der Waals surface area contributed by atoms with E-state index in [9.17, 15) is 4.39 Å². The number of hydrogen-bond donors (Lipinski definition) is 1. The minimum absolute atomic E-state index is 0.0839. The third-order valence-corrected chi connectivity index (χ3v) is 3.64. The van der Waals surface area contributed by atoms with Crippen LogP contribution in [0, 0.1) is 17.1 Å². The highest BCUT2D eigenvalue weighted by Gasteiger charge is 2.12. The molecule has 0 aliphatic carbocycles. The third kappa shape index (κ3) is 3.37. The summed E-state index contributed by atoms with van der Waals surface area (Å²) >= 11 is 3.41. The number of nitriles is 1. The van der Waals surface area contributed by atoms with Crippen LogP contribution < -0.4 is 5.32 Å². The van der Waals surface area contributed by atoms with Gasteiger partial charge in [0.05, 0.1) is 17.3 Å². The van der Waals surface area contributed by atoms with E-state index in [0.29, 0.717) is 11.3 Å². The molecule has 0 bridgehead atoms. The number of nitrogens with one attached hydrogen (secondary N) is 1. The summed E-state index contributed by atoms with van der Waals surface area (Å²) in [5.41, 5.74) is 2.10. The normalized spacial score (nSPS) is 11.7. The summed E-state index contributed by atoms with van der Waals surface area (Å²) in [6.07, 6.45) is 0.865. The van der Waals surface area contributed by atoms with Crippen molar-refractivity contribution in [2.45, 2.75) is 19.4 Å². The molecule has 1 unspecified atom stereocenters. The van der Waals surface area contributed by atoms with Crippen LogP contribution in [0.1, 0.15) is 30.5 Å². The SMILES string of the molecule is CCC(Nc1ccc(F)cc1C#N)c1ccc(Br)cc1. The first kappa shape index (κ1) is 14.5. The summed E-state index contributed by atoms with van der Waals surface area (Å²) in [5, 5.41) is 12.4. The molecule has 4 heteroatoms. The molecular weight excluding hydrogens is 319 g/mol. The Balaban J connectivity index is 2.27. The van der Waals surface area contributed by atoms with E-state index in [1.54, 1.807) is 6.07 Å². The van der Waals surface area contributed by atoms with Crippen molar-refractivity contribution in [3.8, 4) is 6.07 Å². The summed E-state index contributed by atoms with van der Waals surface area (Å²) in [7, 11) is 0. The van der Waals surface area contributed by atoms with Gasteiger partial charge in [0.15, 0.2) is 0 Å². The largest absolute Gasteiger partial charge is 0.377 e. The van der Waals surface area contributed by atoms with Crippen molar-refractivity contribution in [1.82, 2.24) is 0 Å². The second kappa shape index (κ2) is 6.53. The highest BCUT2D eigenvalue weighted by atomic mass is 79.9. The van der Waals surface area contributed by atoms with Gasteiger partial charge in [-0.1, -0.05) is 35.0 Å².